The fourth-order valence-corrected chi connectivity index (χ4v) is 2.44. The van der Waals surface area contributed by atoms with Crippen LogP contribution in [-0.2, 0) is 6.18 Å². The molecule has 2 rings (SSSR count). The first-order chi connectivity index (χ1) is 13.3. The molecule has 28 heavy (non-hydrogen) atoms. The summed E-state index contributed by atoms with van der Waals surface area (Å²) in [7, 11) is 4.47. The third-order valence-electron chi connectivity index (χ3n) is 3.51. The number of halogens is 3. The fraction of sp³-hybridized carbons (Fsp3) is 0.222. The van der Waals surface area contributed by atoms with E-state index >= 15 is 0 Å². The molecule has 0 aliphatic carbocycles. The summed E-state index contributed by atoms with van der Waals surface area (Å²) in [5, 5.41) is 6.63. The van der Waals surface area contributed by atoms with Crippen LogP contribution in [0.5, 0.6) is 17.2 Å². The summed E-state index contributed by atoms with van der Waals surface area (Å²) < 4.78 is 54.0. The van der Waals surface area contributed by atoms with Crippen molar-refractivity contribution in [3.05, 3.63) is 47.5 Å². The van der Waals surface area contributed by atoms with Crippen LogP contribution in [0.15, 0.2) is 41.5 Å². The van der Waals surface area contributed by atoms with Crippen LogP contribution >= 0.6 is 12.2 Å². The second-order valence-corrected chi connectivity index (χ2v) is 5.77. The Labute approximate surface area is 165 Å². The molecule has 0 fully saturated rings. The molecule has 0 amide bonds. The van der Waals surface area contributed by atoms with Crippen molar-refractivity contribution in [3.8, 4) is 17.2 Å². The van der Waals surface area contributed by atoms with E-state index in [1.165, 1.54) is 39.7 Å². The number of hydrazone groups is 1. The van der Waals surface area contributed by atoms with Crippen molar-refractivity contribution in [1.82, 2.24) is 5.43 Å². The second-order valence-electron chi connectivity index (χ2n) is 5.36. The Morgan fingerprint density at radius 1 is 1.04 bits per heavy atom. The van der Waals surface area contributed by atoms with Gasteiger partial charge in [-0.05, 0) is 42.5 Å². The monoisotopic (exact) mass is 413 g/mol. The molecule has 150 valence electrons. The quantitative estimate of drug-likeness (QED) is 0.423. The lowest BCUT2D eigenvalue weighted by Gasteiger charge is -2.13. The van der Waals surface area contributed by atoms with Crippen LogP contribution in [0.2, 0.25) is 0 Å². The van der Waals surface area contributed by atoms with E-state index in [0.717, 1.165) is 12.1 Å². The topological polar surface area (TPSA) is 64.1 Å². The molecule has 0 saturated carbocycles. The van der Waals surface area contributed by atoms with Gasteiger partial charge in [0.1, 0.15) is 0 Å². The first-order valence-electron chi connectivity index (χ1n) is 7.85. The second kappa shape index (κ2) is 9.27. The van der Waals surface area contributed by atoms with Gasteiger partial charge >= 0.3 is 6.18 Å². The highest BCUT2D eigenvalue weighted by atomic mass is 32.1. The van der Waals surface area contributed by atoms with Gasteiger partial charge in [-0.3, -0.25) is 5.43 Å². The predicted octanol–water partition coefficient (Wildman–Crippen LogP) is 4.05. The van der Waals surface area contributed by atoms with Gasteiger partial charge in [-0.15, -0.1) is 0 Å². The van der Waals surface area contributed by atoms with Crippen molar-refractivity contribution in [3.63, 3.8) is 0 Å². The Morgan fingerprint density at radius 3 is 2.21 bits per heavy atom. The van der Waals surface area contributed by atoms with Gasteiger partial charge in [-0.25, -0.2) is 0 Å². The first-order valence-corrected chi connectivity index (χ1v) is 8.26. The zero-order valence-electron chi connectivity index (χ0n) is 15.3. The standard InChI is InChI=1S/C18H18F3N3O3S/c1-25-14-7-11(8-15(26-2)16(14)27-3)10-22-24-17(28)23-13-6-4-5-12(9-13)18(19,20)21/h4-10H,1-3H3,(H2,23,24,28)/b22-10-. The lowest BCUT2D eigenvalue weighted by atomic mass is 10.2. The third kappa shape index (κ3) is 5.49. The molecule has 0 aromatic heterocycles. The third-order valence-corrected chi connectivity index (χ3v) is 3.71. The van der Waals surface area contributed by atoms with E-state index in [2.05, 4.69) is 15.8 Å². The number of alkyl halides is 3. The Kier molecular flexibility index (Phi) is 7.05. The fourth-order valence-electron chi connectivity index (χ4n) is 2.27. The Morgan fingerprint density at radius 2 is 1.68 bits per heavy atom. The SMILES string of the molecule is COc1cc(/C=N\NC(=S)Nc2cccc(C(F)(F)F)c2)cc(OC)c1OC. The van der Waals surface area contributed by atoms with E-state index in [9.17, 15) is 13.2 Å². The number of hydrogen-bond donors (Lipinski definition) is 2. The van der Waals surface area contributed by atoms with Crippen LogP contribution in [0.25, 0.3) is 0 Å². The summed E-state index contributed by atoms with van der Waals surface area (Å²) in [5.41, 5.74) is 2.58. The number of hydrogen-bond acceptors (Lipinski definition) is 5. The molecule has 0 radical (unpaired) electrons. The predicted molar refractivity (Wildman–Crippen MR) is 104 cm³/mol. The molecule has 0 unspecified atom stereocenters. The van der Waals surface area contributed by atoms with Crippen LogP contribution in [0, 0.1) is 0 Å². The maximum atomic E-state index is 12.7. The zero-order valence-corrected chi connectivity index (χ0v) is 16.1. The average molecular weight is 413 g/mol. The molecule has 10 heteroatoms. The van der Waals surface area contributed by atoms with Crippen molar-refractivity contribution >= 4 is 29.2 Å². The van der Waals surface area contributed by atoms with Crippen molar-refractivity contribution < 1.29 is 27.4 Å². The summed E-state index contributed by atoms with van der Waals surface area (Å²) in [4.78, 5) is 0. The molecule has 2 N–H and O–H groups in total. The van der Waals surface area contributed by atoms with Crippen LogP contribution in [-0.4, -0.2) is 32.7 Å². The molecular weight excluding hydrogens is 395 g/mol. The van der Waals surface area contributed by atoms with Crippen molar-refractivity contribution in [2.75, 3.05) is 26.6 Å². The van der Waals surface area contributed by atoms with E-state index in [4.69, 9.17) is 26.4 Å². The van der Waals surface area contributed by atoms with E-state index in [-0.39, 0.29) is 10.8 Å². The maximum Gasteiger partial charge on any atom is 0.416 e. The molecule has 0 saturated heterocycles. The maximum absolute atomic E-state index is 12.7. The van der Waals surface area contributed by atoms with Gasteiger partial charge in [-0.2, -0.15) is 18.3 Å². The molecule has 0 aliphatic rings. The highest BCUT2D eigenvalue weighted by molar-refractivity contribution is 7.80. The average Bonchev–Trinajstić information content (AvgIpc) is 2.66. The Bertz CT molecular complexity index is 848. The number of benzene rings is 2. The lowest BCUT2D eigenvalue weighted by Crippen LogP contribution is -2.24. The van der Waals surface area contributed by atoms with Gasteiger partial charge in [0.25, 0.3) is 0 Å². The van der Waals surface area contributed by atoms with Crippen molar-refractivity contribution in [2.24, 2.45) is 5.10 Å². The molecular formula is C18H18F3N3O3S. The Hall–Kier alpha value is -3.01. The van der Waals surface area contributed by atoms with E-state index < -0.39 is 11.7 Å². The van der Waals surface area contributed by atoms with Crippen molar-refractivity contribution in [1.29, 1.82) is 0 Å². The van der Waals surface area contributed by atoms with Crippen LogP contribution in [0.1, 0.15) is 11.1 Å². The molecule has 0 heterocycles. The number of nitrogens with zero attached hydrogens (tertiary/aromatic N) is 1. The number of methoxy groups -OCH3 is 3. The summed E-state index contributed by atoms with van der Waals surface area (Å²) in [6, 6.07) is 8.03. The number of anilines is 1. The van der Waals surface area contributed by atoms with Gasteiger partial charge in [0.05, 0.1) is 33.1 Å². The zero-order chi connectivity index (χ0) is 20.7. The molecule has 0 aliphatic heterocycles. The number of rotatable bonds is 6. The van der Waals surface area contributed by atoms with Gasteiger partial charge in [0.2, 0.25) is 5.75 Å². The normalized spacial score (nSPS) is 11.2. The highest BCUT2D eigenvalue weighted by Crippen LogP contribution is 2.37. The number of ether oxygens (including phenoxy) is 3. The molecule has 2 aromatic carbocycles. The molecule has 0 bridgehead atoms. The lowest BCUT2D eigenvalue weighted by molar-refractivity contribution is -0.137. The van der Waals surface area contributed by atoms with Crippen LogP contribution in [0.3, 0.4) is 0 Å². The Balaban J connectivity index is 2.06. The number of thiocarbonyl (C=S) groups is 1. The van der Waals surface area contributed by atoms with E-state index in [1.54, 1.807) is 12.1 Å². The van der Waals surface area contributed by atoms with E-state index in [1.807, 2.05) is 0 Å². The van der Waals surface area contributed by atoms with Crippen LogP contribution in [0.4, 0.5) is 18.9 Å². The minimum atomic E-state index is -4.43. The minimum absolute atomic E-state index is 0.0306. The summed E-state index contributed by atoms with van der Waals surface area (Å²) in [6.07, 6.45) is -2.98. The molecule has 2 aromatic rings. The van der Waals surface area contributed by atoms with E-state index in [0.29, 0.717) is 22.8 Å². The largest absolute Gasteiger partial charge is 0.493 e. The minimum Gasteiger partial charge on any atom is -0.493 e. The van der Waals surface area contributed by atoms with Gasteiger partial charge in [-0.1, -0.05) is 6.07 Å². The highest BCUT2D eigenvalue weighted by Gasteiger charge is 2.30. The smallest absolute Gasteiger partial charge is 0.416 e. The summed E-state index contributed by atoms with van der Waals surface area (Å²) in [5.74, 6) is 1.35. The van der Waals surface area contributed by atoms with Gasteiger partial charge in [0.15, 0.2) is 16.6 Å². The molecule has 6 nitrogen and oxygen atoms in total. The molecule has 0 atom stereocenters. The first kappa shape index (κ1) is 21.3. The van der Waals surface area contributed by atoms with Crippen LogP contribution < -0.4 is 25.0 Å². The van der Waals surface area contributed by atoms with Crippen molar-refractivity contribution in [2.45, 2.75) is 6.18 Å². The van der Waals surface area contributed by atoms with Gasteiger partial charge < -0.3 is 19.5 Å². The molecule has 0 spiro atoms. The summed E-state index contributed by atoms with van der Waals surface area (Å²) in [6.45, 7) is 0. The van der Waals surface area contributed by atoms with Gasteiger partial charge in [0, 0.05) is 11.3 Å². The number of nitrogens with one attached hydrogen (secondary N) is 2. The summed E-state index contributed by atoms with van der Waals surface area (Å²) >= 11 is 5.04.